The fourth-order valence-electron chi connectivity index (χ4n) is 2.42. The zero-order chi connectivity index (χ0) is 13.1. The third-order valence-corrected chi connectivity index (χ3v) is 3.33. The molecule has 18 heavy (non-hydrogen) atoms. The lowest BCUT2D eigenvalue weighted by atomic mass is 10.2. The van der Waals surface area contributed by atoms with Gasteiger partial charge in [-0.25, -0.2) is 9.97 Å². The Morgan fingerprint density at radius 2 is 2.33 bits per heavy atom. The van der Waals surface area contributed by atoms with Crippen molar-refractivity contribution in [3.05, 3.63) is 23.3 Å². The average Bonchev–Trinajstić information content (AvgIpc) is 2.77. The number of methoxy groups -OCH3 is 1. The molecule has 1 amide bonds. The topological polar surface area (TPSA) is 55.3 Å². The minimum absolute atomic E-state index is 0.0204. The second-order valence-electron chi connectivity index (χ2n) is 4.67. The molecule has 1 saturated heterocycles. The van der Waals surface area contributed by atoms with Gasteiger partial charge in [-0.15, -0.1) is 0 Å². The summed E-state index contributed by atoms with van der Waals surface area (Å²) in [5.74, 6) is 0.714. The van der Waals surface area contributed by atoms with Gasteiger partial charge in [0.2, 0.25) is 0 Å². The van der Waals surface area contributed by atoms with Crippen molar-refractivity contribution in [2.24, 2.45) is 0 Å². The summed E-state index contributed by atoms with van der Waals surface area (Å²) in [4.78, 5) is 22.7. The Morgan fingerprint density at radius 3 is 3.00 bits per heavy atom. The fourth-order valence-corrected chi connectivity index (χ4v) is 2.42. The predicted molar refractivity (Wildman–Crippen MR) is 67.4 cm³/mol. The molecule has 0 saturated carbocycles. The van der Waals surface area contributed by atoms with Crippen LogP contribution in [0.1, 0.15) is 34.7 Å². The molecule has 0 bridgehead atoms. The summed E-state index contributed by atoms with van der Waals surface area (Å²) < 4.78 is 5.17. The van der Waals surface area contributed by atoms with Gasteiger partial charge >= 0.3 is 0 Å². The highest BCUT2D eigenvalue weighted by Gasteiger charge is 2.30. The molecule has 98 valence electrons. The van der Waals surface area contributed by atoms with Crippen molar-refractivity contribution in [3.63, 3.8) is 0 Å². The number of rotatable bonds is 3. The molecule has 1 aromatic rings. The summed E-state index contributed by atoms with van der Waals surface area (Å²) in [6.45, 7) is 5.06. The number of hydrogen-bond acceptors (Lipinski definition) is 4. The molecule has 0 unspecified atom stereocenters. The van der Waals surface area contributed by atoms with E-state index in [-0.39, 0.29) is 11.9 Å². The molecule has 0 aliphatic carbocycles. The van der Waals surface area contributed by atoms with Gasteiger partial charge in [-0.3, -0.25) is 4.79 Å². The monoisotopic (exact) mass is 249 g/mol. The van der Waals surface area contributed by atoms with Crippen LogP contribution in [0.4, 0.5) is 0 Å². The molecule has 2 heterocycles. The van der Waals surface area contributed by atoms with E-state index in [4.69, 9.17) is 4.74 Å². The second kappa shape index (κ2) is 5.44. The smallest absolute Gasteiger partial charge is 0.257 e. The second-order valence-corrected chi connectivity index (χ2v) is 4.67. The van der Waals surface area contributed by atoms with E-state index in [0.29, 0.717) is 18.0 Å². The normalized spacial score (nSPS) is 19.3. The number of nitrogens with zero attached hydrogens (tertiary/aromatic N) is 3. The number of hydrogen-bond donors (Lipinski definition) is 0. The maximum Gasteiger partial charge on any atom is 0.257 e. The van der Waals surface area contributed by atoms with Crippen LogP contribution in [0.15, 0.2) is 6.20 Å². The predicted octanol–water partition coefficient (Wildman–Crippen LogP) is 1.34. The third kappa shape index (κ3) is 2.51. The first-order valence-electron chi connectivity index (χ1n) is 6.23. The highest BCUT2D eigenvalue weighted by atomic mass is 16.5. The number of carbonyl (C=O) groups is 1. The van der Waals surface area contributed by atoms with E-state index in [0.717, 1.165) is 25.1 Å². The molecule has 0 spiro atoms. The first-order valence-corrected chi connectivity index (χ1v) is 6.23. The van der Waals surface area contributed by atoms with E-state index in [1.807, 2.05) is 18.7 Å². The molecule has 1 atom stereocenters. The van der Waals surface area contributed by atoms with E-state index in [9.17, 15) is 4.79 Å². The van der Waals surface area contributed by atoms with Crippen LogP contribution in [-0.2, 0) is 4.74 Å². The van der Waals surface area contributed by atoms with Gasteiger partial charge in [-0.1, -0.05) is 0 Å². The minimum atomic E-state index is 0.0204. The Bertz CT molecular complexity index is 448. The van der Waals surface area contributed by atoms with Crippen molar-refractivity contribution in [2.45, 2.75) is 32.7 Å². The summed E-state index contributed by atoms with van der Waals surface area (Å²) >= 11 is 0. The van der Waals surface area contributed by atoms with Gasteiger partial charge in [0, 0.05) is 19.9 Å². The molecule has 5 nitrogen and oxygen atoms in total. The zero-order valence-corrected chi connectivity index (χ0v) is 11.1. The number of ether oxygens (including phenoxy) is 1. The van der Waals surface area contributed by atoms with E-state index < -0.39 is 0 Å². The van der Waals surface area contributed by atoms with Gasteiger partial charge in [0.1, 0.15) is 5.82 Å². The van der Waals surface area contributed by atoms with Crippen molar-refractivity contribution in [2.75, 3.05) is 20.3 Å². The molecular formula is C13H19N3O2. The van der Waals surface area contributed by atoms with Crippen molar-refractivity contribution in [1.29, 1.82) is 0 Å². The third-order valence-electron chi connectivity index (χ3n) is 3.33. The van der Waals surface area contributed by atoms with Gasteiger partial charge in [-0.2, -0.15) is 0 Å². The number of aromatic nitrogens is 2. The Hall–Kier alpha value is -1.49. The quantitative estimate of drug-likeness (QED) is 0.811. The molecule has 1 aliphatic heterocycles. The van der Waals surface area contributed by atoms with Crippen LogP contribution >= 0.6 is 0 Å². The van der Waals surface area contributed by atoms with Gasteiger partial charge in [0.15, 0.2) is 0 Å². The van der Waals surface area contributed by atoms with Gasteiger partial charge in [0.25, 0.3) is 5.91 Å². The first kappa shape index (κ1) is 13.0. The Morgan fingerprint density at radius 1 is 1.56 bits per heavy atom. The maximum absolute atomic E-state index is 12.5. The van der Waals surface area contributed by atoms with Crippen molar-refractivity contribution in [1.82, 2.24) is 14.9 Å². The van der Waals surface area contributed by atoms with Crippen LogP contribution in [0.2, 0.25) is 0 Å². The van der Waals surface area contributed by atoms with Crippen LogP contribution in [0.25, 0.3) is 0 Å². The Balaban J connectivity index is 2.20. The number of carbonyl (C=O) groups excluding carboxylic acids is 1. The molecule has 0 aromatic carbocycles. The molecule has 1 aliphatic rings. The molecule has 1 fully saturated rings. The SMILES string of the molecule is COC[C@H]1CCCN1C(=O)c1cnc(C)nc1C. The van der Waals surface area contributed by atoms with E-state index >= 15 is 0 Å². The minimum Gasteiger partial charge on any atom is -0.383 e. The van der Waals surface area contributed by atoms with Crippen molar-refractivity contribution >= 4 is 5.91 Å². The summed E-state index contributed by atoms with van der Waals surface area (Å²) in [5.41, 5.74) is 1.35. The van der Waals surface area contributed by atoms with E-state index in [2.05, 4.69) is 9.97 Å². The highest BCUT2D eigenvalue weighted by molar-refractivity contribution is 5.95. The average molecular weight is 249 g/mol. The van der Waals surface area contributed by atoms with Crippen LogP contribution in [0.3, 0.4) is 0 Å². The number of amides is 1. The molecular weight excluding hydrogens is 230 g/mol. The van der Waals surface area contributed by atoms with E-state index in [1.165, 1.54) is 0 Å². The summed E-state index contributed by atoms with van der Waals surface area (Å²) in [7, 11) is 1.67. The fraction of sp³-hybridized carbons (Fsp3) is 0.615. The Labute approximate surface area is 107 Å². The highest BCUT2D eigenvalue weighted by Crippen LogP contribution is 2.20. The van der Waals surface area contributed by atoms with Crippen LogP contribution < -0.4 is 0 Å². The summed E-state index contributed by atoms with van der Waals surface area (Å²) in [6.07, 6.45) is 3.67. The summed E-state index contributed by atoms with van der Waals surface area (Å²) in [5, 5.41) is 0. The molecule has 1 aromatic heterocycles. The molecule has 0 N–H and O–H groups in total. The largest absolute Gasteiger partial charge is 0.383 e. The molecule has 2 rings (SSSR count). The van der Waals surface area contributed by atoms with Crippen molar-refractivity contribution < 1.29 is 9.53 Å². The summed E-state index contributed by atoms with van der Waals surface area (Å²) in [6, 6.07) is 0.184. The van der Waals surface area contributed by atoms with Gasteiger partial charge < -0.3 is 9.64 Å². The molecule has 0 radical (unpaired) electrons. The Kier molecular flexibility index (Phi) is 3.91. The van der Waals surface area contributed by atoms with Gasteiger partial charge in [0.05, 0.1) is 23.9 Å². The molecule has 5 heteroatoms. The lowest BCUT2D eigenvalue weighted by Gasteiger charge is -2.24. The lowest BCUT2D eigenvalue weighted by Crippen LogP contribution is -2.38. The van der Waals surface area contributed by atoms with Crippen LogP contribution in [-0.4, -0.2) is 47.1 Å². The maximum atomic E-state index is 12.5. The van der Waals surface area contributed by atoms with Gasteiger partial charge in [-0.05, 0) is 26.7 Å². The van der Waals surface area contributed by atoms with Crippen molar-refractivity contribution in [3.8, 4) is 0 Å². The first-order chi connectivity index (χ1) is 8.63. The van der Waals surface area contributed by atoms with Crippen LogP contribution in [0, 0.1) is 13.8 Å². The van der Waals surface area contributed by atoms with Crippen LogP contribution in [0.5, 0.6) is 0 Å². The lowest BCUT2D eigenvalue weighted by molar-refractivity contribution is 0.0629. The van der Waals surface area contributed by atoms with E-state index in [1.54, 1.807) is 13.3 Å². The zero-order valence-electron chi connectivity index (χ0n) is 11.1. The number of aryl methyl sites for hydroxylation is 2. The standard InChI is InChI=1S/C13H19N3O2/c1-9-12(7-14-10(2)15-9)13(17)16-6-4-5-11(16)8-18-3/h7,11H,4-6,8H2,1-3H3/t11-/m1/s1. The number of likely N-dealkylation sites (tertiary alicyclic amines) is 1.